The van der Waals surface area contributed by atoms with Crippen LogP contribution >= 0.6 is 11.6 Å². The van der Waals surface area contributed by atoms with Crippen LogP contribution in [0, 0.1) is 10.1 Å². The molecule has 0 spiro atoms. The zero-order valence-electron chi connectivity index (χ0n) is 17.7. The van der Waals surface area contributed by atoms with Gasteiger partial charge in [0.15, 0.2) is 0 Å². The Kier molecular flexibility index (Phi) is 5.26. The molecule has 2 heterocycles. The van der Waals surface area contributed by atoms with Crippen molar-refractivity contribution in [2.24, 2.45) is 0 Å². The van der Waals surface area contributed by atoms with Crippen LogP contribution < -0.4 is 4.74 Å². The first kappa shape index (κ1) is 21.0. The summed E-state index contributed by atoms with van der Waals surface area (Å²) >= 11 is 6.34. The Bertz CT molecular complexity index is 1380. The fourth-order valence-electron chi connectivity index (χ4n) is 4.53. The number of nitrogens with zero attached hydrogens (tertiary/aromatic N) is 2. The number of benzene rings is 3. The van der Waals surface area contributed by atoms with E-state index < -0.39 is 11.0 Å². The molecule has 4 aromatic rings. The zero-order valence-corrected chi connectivity index (χ0v) is 18.5. The summed E-state index contributed by atoms with van der Waals surface area (Å²) in [6.07, 6.45) is 0.655. The topological polar surface area (TPSA) is 88.5 Å². The molecule has 0 saturated carbocycles. The average Bonchev–Trinajstić information content (AvgIpc) is 3.21. The summed E-state index contributed by atoms with van der Waals surface area (Å²) < 4.78 is 5.40. The number of hydrogen-bond acceptors (Lipinski definition) is 4. The van der Waals surface area contributed by atoms with E-state index in [0.717, 1.165) is 33.5 Å². The number of nitro groups is 1. The lowest BCUT2D eigenvalue weighted by Crippen LogP contribution is -2.40. The smallest absolute Gasteiger partial charge is 0.269 e. The molecule has 7 nitrogen and oxygen atoms in total. The zero-order chi connectivity index (χ0) is 23.1. The van der Waals surface area contributed by atoms with Crippen molar-refractivity contribution >= 4 is 34.1 Å². The first-order valence-corrected chi connectivity index (χ1v) is 10.8. The summed E-state index contributed by atoms with van der Waals surface area (Å²) in [5.74, 6) is 0.566. The number of rotatable bonds is 4. The first-order valence-electron chi connectivity index (χ1n) is 10.5. The average molecular weight is 462 g/mol. The van der Waals surface area contributed by atoms with E-state index in [0.29, 0.717) is 23.6 Å². The van der Waals surface area contributed by atoms with Gasteiger partial charge in [-0.2, -0.15) is 0 Å². The van der Waals surface area contributed by atoms with Crippen LogP contribution in [0.2, 0.25) is 5.02 Å². The number of halogens is 1. The largest absolute Gasteiger partial charge is 0.497 e. The molecule has 0 aliphatic carbocycles. The number of carbonyl (C=O) groups excluding carboxylic acids is 1. The Morgan fingerprint density at radius 2 is 1.91 bits per heavy atom. The molecule has 1 amide bonds. The van der Waals surface area contributed by atoms with Gasteiger partial charge in [-0.15, -0.1) is 0 Å². The van der Waals surface area contributed by atoms with Crippen molar-refractivity contribution < 1.29 is 14.5 Å². The van der Waals surface area contributed by atoms with Crippen molar-refractivity contribution in [3.05, 3.63) is 104 Å². The van der Waals surface area contributed by atoms with Gasteiger partial charge < -0.3 is 14.6 Å². The quantitative estimate of drug-likeness (QED) is 0.320. The highest BCUT2D eigenvalue weighted by Gasteiger charge is 2.35. The number of aromatic nitrogens is 1. The number of hydrogen-bond donors (Lipinski definition) is 1. The van der Waals surface area contributed by atoms with E-state index in [4.69, 9.17) is 16.3 Å². The number of fused-ring (bicyclic) bond motifs is 3. The second-order valence-electron chi connectivity index (χ2n) is 7.91. The summed E-state index contributed by atoms with van der Waals surface area (Å²) in [6.45, 7) is 0.475. The molecule has 166 valence electrons. The maximum Gasteiger partial charge on any atom is 0.269 e. The molecule has 5 rings (SSSR count). The molecule has 33 heavy (non-hydrogen) atoms. The van der Waals surface area contributed by atoms with Crippen LogP contribution in [0.3, 0.4) is 0 Å². The second kappa shape index (κ2) is 8.26. The summed E-state index contributed by atoms with van der Waals surface area (Å²) in [5.41, 5.74) is 4.14. The van der Waals surface area contributed by atoms with E-state index >= 15 is 0 Å². The Labute approximate surface area is 194 Å². The number of amides is 1. The van der Waals surface area contributed by atoms with Crippen molar-refractivity contribution in [3.63, 3.8) is 0 Å². The maximum atomic E-state index is 13.6. The van der Waals surface area contributed by atoms with Crippen molar-refractivity contribution in [1.82, 2.24) is 9.88 Å². The molecule has 0 fully saturated rings. The highest BCUT2D eigenvalue weighted by Crippen LogP contribution is 2.40. The lowest BCUT2D eigenvalue weighted by molar-refractivity contribution is -0.384. The molecule has 3 aromatic carbocycles. The Morgan fingerprint density at radius 1 is 1.15 bits per heavy atom. The molecule has 1 aliphatic rings. The van der Waals surface area contributed by atoms with Crippen LogP contribution in [0.1, 0.15) is 33.2 Å². The monoisotopic (exact) mass is 461 g/mol. The van der Waals surface area contributed by atoms with Gasteiger partial charge in [0.05, 0.1) is 28.7 Å². The SMILES string of the molecule is COc1ccc2[nH]c3c(c2c1)CCN(C(=O)c1ccccc1Cl)C3c1ccc([N+](=O)[O-])cc1. The van der Waals surface area contributed by atoms with E-state index in [1.807, 2.05) is 18.2 Å². The van der Waals surface area contributed by atoms with Crippen molar-refractivity contribution in [3.8, 4) is 5.75 Å². The van der Waals surface area contributed by atoms with Crippen LogP contribution in [0.15, 0.2) is 66.7 Å². The van der Waals surface area contributed by atoms with Gasteiger partial charge in [0.1, 0.15) is 5.75 Å². The van der Waals surface area contributed by atoms with E-state index in [2.05, 4.69) is 4.98 Å². The number of nitrogens with one attached hydrogen (secondary N) is 1. The summed E-state index contributed by atoms with van der Waals surface area (Å²) in [6, 6.07) is 18.7. The number of non-ortho nitro benzene ring substituents is 1. The predicted molar refractivity (Wildman–Crippen MR) is 126 cm³/mol. The molecule has 1 aliphatic heterocycles. The number of ether oxygens (including phenoxy) is 1. The van der Waals surface area contributed by atoms with Gasteiger partial charge in [0.2, 0.25) is 0 Å². The Balaban J connectivity index is 1.67. The molecular weight excluding hydrogens is 442 g/mol. The molecule has 1 atom stereocenters. The molecule has 0 radical (unpaired) electrons. The van der Waals surface area contributed by atoms with Crippen LogP contribution in [0.5, 0.6) is 5.75 Å². The van der Waals surface area contributed by atoms with Gasteiger partial charge in [-0.1, -0.05) is 23.7 Å². The van der Waals surface area contributed by atoms with Gasteiger partial charge in [0, 0.05) is 35.3 Å². The number of H-pyrrole nitrogens is 1. The fraction of sp³-hybridized carbons (Fsp3) is 0.160. The van der Waals surface area contributed by atoms with Gasteiger partial charge in [-0.3, -0.25) is 14.9 Å². The highest BCUT2D eigenvalue weighted by atomic mass is 35.5. The number of nitro benzene ring substituents is 1. The second-order valence-corrected chi connectivity index (χ2v) is 8.32. The molecule has 0 saturated heterocycles. The van der Waals surface area contributed by atoms with Crippen LogP contribution in [-0.4, -0.2) is 34.4 Å². The van der Waals surface area contributed by atoms with E-state index in [1.54, 1.807) is 48.4 Å². The minimum Gasteiger partial charge on any atom is -0.497 e. The standard InChI is InChI=1S/C25H20ClN3O4/c1-33-17-10-11-22-20(14-17)18-12-13-28(25(30)19-4-2-3-5-21(19)26)24(23(18)27-22)15-6-8-16(9-7-15)29(31)32/h2-11,14,24,27H,12-13H2,1H3. The van der Waals surface area contributed by atoms with E-state index in [9.17, 15) is 14.9 Å². The van der Waals surface area contributed by atoms with Crippen molar-refractivity contribution in [2.45, 2.75) is 12.5 Å². The third-order valence-corrected chi connectivity index (χ3v) is 6.45. The third-order valence-electron chi connectivity index (χ3n) is 6.12. The van der Waals surface area contributed by atoms with Crippen LogP contribution in [-0.2, 0) is 6.42 Å². The molecule has 0 bridgehead atoms. The molecule has 1 aromatic heterocycles. The van der Waals surface area contributed by atoms with Crippen LogP contribution in [0.25, 0.3) is 10.9 Å². The molecular formula is C25H20ClN3O4. The van der Waals surface area contributed by atoms with Gasteiger partial charge in [-0.25, -0.2) is 0 Å². The van der Waals surface area contributed by atoms with Gasteiger partial charge in [0.25, 0.3) is 11.6 Å². The predicted octanol–water partition coefficient (Wildman–Crippen LogP) is 5.53. The number of carbonyl (C=O) groups is 1. The summed E-state index contributed by atoms with van der Waals surface area (Å²) in [7, 11) is 1.63. The lowest BCUT2D eigenvalue weighted by atomic mass is 9.91. The van der Waals surface area contributed by atoms with Gasteiger partial charge in [-0.05, 0) is 60.0 Å². The van der Waals surface area contributed by atoms with Crippen molar-refractivity contribution in [2.75, 3.05) is 13.7 Å². The minimum atomic E-state index is -0.447. The van der Waals surface area contributed by atoms with E-state index in [-0.39, 0.29) is 11.6 Å². The Morgan fingerprint density at radius 3 is 2.61 bits per heavy atom. The summed E-state index contributed by atoms with van der Waals surface area (Å²) in [4.78, 5) is 29.6. The highest BCUT2D eigenvalue weighted by molar-refractivity contribution is 6.33. The summed E-state index contributed by atoms with van der Waals surface area (Å²) in [5, 5.41) is 12.6. The van der Waals surface area contributed by atoms with Gasteiger partial charge >= 0.3 is 0 Å². The van der Waals surface area contributed by atoms with E-state index in [1.165, 1.54) is 12.1 Å². The normalized spacial score (nSPS) is 15.3. The molecule has 1 unspecified atom stereocenters. The Hall–Kier alpha value is -3.84. The molecule has 8 heteroatoms. The number of methoxy groups -OCH3 is 1. The van der Waals surface area contributed by atoms with Crippen LogP contribution in [0.4, 0.5) is 5.69 Å². The molecule has 1 N–H and O–H groups in total. The minimum absolute atomic E-state index is 0.000136. The number of aromatic amines is 1. The van der Waals surface area contributed by atoms with Crippen molar-refractivity contribution in [1.29, 1.82) is 0 Å². The fourth-order valence-corrected chi connectivity index (χ4v) is 4.74. The third kappa shape index (κ3) is 3.60. The maximum absolute atomic E-state index is 13.6. The lowest BCUT2D eigenvalue weighted by Gasteiger charge is -2.36. The first-order chi connectivity index (χ1) is 16.0.